The summed E-state index contributed by atoms with van der Waals surface area (Å²) >= 11 is 1.15. The number of nitrogens with one attached hydrogen (secondary N) is 1. The Bertz CT molecular complexity index is 1200. The summed E-state index contributed by atoms with van der Waals surface area (Å²) in [7, 11) is -3.61. The molecule has 1 fully saturated rings. The van der Waals surface area contributed by atoms with E-state index in [4.69, 9.17) is 0 Å². The minimum Gasteiger partial charge on any atom is -0.320 e. The Balaban J connectivity index is 1.48. The van der Waals surface area contributed by atoms with Crippen LogP contribution in [0.15, 0.2) is 53.4 Å². The number of hydrogen-bond acceptors (Lipinski definition) is 6. The molecule has 1 N–H and O–H groups in total. The number of rotatable bonds is 5. The van der Waals surface area contributed by atoms with Crippen LogP contribution in [0, 0.1) is 12.7 Å². The maximum absolute atomic E-state index is 13.1. The molecule has 2 aromatic carbocycles. The second kappa shape index (κ2) is 8.81. The Morgan fingerprint density at radius 3 is 2.65 bits per heavy atom. The molecule has 2 heterocycles. The Labute approximate surface area is 184 Å². The zero-order valence-corrected chi connectivity index (χ0v) is 18.4. The third kappa shape index (κ3) is 4.65. The molecule has 1 aliphatic heterocycles. The molecule has 1 amide bonds. The van der Waals surface area contributed by atoms with E-state index in [1.807, 2.05) is 6.07 Å². The van der Waals surface area contributed by atoms with Gasteiger partial charge in [-0.3, -0.25) is 4.79 Å². The van der Waals surface area contributed by atoms with Gasteiger partial charge < -0.3 is 5.32 Å². The van der Waals surface area contributed by atoms with E-state index >= 15 is 0 Å². The molecule has 10 heteroatoms. The van der Waals surface area contributed by atoms with Crippen LogP contribution in [0.5, 0.6) is 0 Å². The predicted octanol–water partition coefficient (Wildman–Crippen LogP) is 3.81. The Hall–Kier alpha value is -2.69. The lowest BCUT2D eigenvalue weighted by atomic mass is 10.0. The first-order valence-electron chi connectivity index (χ1n) is 9.80. The van der Waals surface area contributed by atoms with Gasteiger partial charge in [-0.1, -0.05) is 29.5 Å². The van der Waals surface area contributed by atoms with Gasteiger partial charge in [0.2, 0.25) is 15.0 Å². The normalized spacial score (nSPS) is 17.4. The number of nitrogens with zero attached hydrogens (tertiary/aromatic N) is 3. The van der Waals surface area contributed by atoms with E-state index in [9.17, 15) is 17.6 Å². The van der Waals surface area contributed by atoms with E-state index in [0.717, 1.165) is 17.8 Å². The highest BCUT2D eigenvalue weighted by molar-refractivity contribution is 7.89. The highest BCUT2D eigenvalue weighted by atomic mass is 32.2. The van der Waals surface area contributed by atoms with Crippen LogP contribution in [0.4, 0.5) is 10.1 Å². The molecule has 0 bridgehead atoms. The van der Waals surface area contributed by atoms with E-state index in [0.29, 0.717) is 40.7 Å². The molecule has 4 rings (SSSR count). The summed E-state index contributed by atoms with van der Waals surface area (Å²) in [6, 6.07) is 12.4. The minimum absolute atomic E-state index is 0.127. The summed E-state index contributed by atoms with van der Waals surface area (Å²) in [5.41, 5.74) is 1.16. The van der Waals surface area contributed by atoms with Crippen molar-refractivity contribution in [3.63, 3.8) is 0 Å². The zero-order valence-electron chi connectivity index (χ0n) is 16.8. The molecule has 0 saturated carbocycles. The molecule has 0 radical (unpaired) electrons. The van der Waals surface area contributed by atoms with Crippen molar-refractivity contribution in [3.8, 4) is 0 Å². The fourth-order valence-electron chi connectivity index (χ4n) is 3.56. The number of piperidine rings is 1. The van der Waals surface area contributed by atoms with Crippen LogP contribution in [0.1, 0.15) is 39.1 Å². The van der Waals surface area contributed by atoms with Crippen LogP contribution < -0.4 is 5.32 Å². The molecule has 0 spiro atoms. The van der Waals surface area contributed by atoms with Crippen molar-refractivity contribution in [2.24, 2.45) is 0 Å². The van der Waals surface area contributed by atoms with Gasteiger partial charge in [-0.15, -0.1) is 10.2 Å². The minimum atomic E-state index is -3.61. The SMILES string of the molecule is Cc1ccccc1S(=O)(=O)N1CCC[C@@H](c2nnc(C(=O)Nc3ccc(F)cc3)s2)C1. The molecular weight excluding hydrogens is 439 g/mol. The maximum Gasteiger partial charge on any atom is 0.286 e. The van der Waals surface area contributed by atoms with Gasteiger partial charge in [0.05, 0.1) is 4.90 Å². The molecule has 0 unspecified atom stereocenters. The van der Waals surface area contributed by atoms with Gasteiger partial charge in [-0.2, -0.15) is 4.31 Å². The van der Waals surface area contributed by atoms with Gasteiger partial charge in [-0.25, -0.2) is 12.8 Å². The van der Waals surface area contributed by atoms with Crippen LogP contribution in [0.3, 0.4) is 0 Å². The van der Waals surface area contributed by atoms with E-state index in [2.05, 4.69) is 15.5 Å². The molecule has 162 valence electrons. The van der Waals surface area contributed by atoms with Crippen LogP contribution >= 0.6 is 11.3 Å². The number of aryl methyl sites for hydroxylation is 1. The third-order valence-corrected chi connectivity index (χ3v) is 8.29. The summed E-state index contributed by atoms with van der Waals surface area (Å²) in [6.45, 7) is 2.53. The van der Waals surface area contributed by atoms with Crippen LogP contribution in [0.25, 0.3) is 0 Å². The van der Waals surface area contributed by atoms with Crippen molar-refractivity contribution in [2.75, 3.05) is 18.4 Å². The number of aromatic nitrogens is 2. The number of benzene rings is 2. The number of carbonyl (C=O) groups excluding carboxylic acids is 1. The summed E-state index contributed by atoms with van der Waals surface area (Å²) in [6.07, 6.45) is 1.47. The first-order chi connectivity index (χ1) is 14.8. The second-order valence-corrected chi connectivity index (χ2v) is 10.3. The van der Waals surface area contributed by atoms with E-state index in [1.54, 1.807) is 25.1 Å². The second-order valence-electron chi connectivity index (χ2n) is 7.37. The lowest BCUT2D eigenvalue weighted by Gasteiger charge is -2.31. The Morgan fingerprint density at radius 2 is 1.90 bits per heavy atom. The highest BCUT2D eigenvalue weighted by Crippen LogP contribution is 2.32. The molecule has 31 heavy (non-hydrogen) atoms. The quantitative estimate of drug-likeness (QED) is 0.625. The molecule has 7 nitrogen and oxygen atoms in total. The summed E-state index contributed by atoms with van der Waals surface area (Å²) < 4.78 is 40.8. The molecular formula is C21H21FN4O3S2. The van der Waals surface area contributed by atoms with E-state index in [-0.39, 0.29) is 10.9 Å². The molecule has 1 atom stereocenters. The summed E-state index contributed by atoms with van der Waals surface area (Å²) in [4.78, 5) is 12.8. The smallest absolute Gasteiger partial charge is 0.286 e. The average molecular weight is 461 g/mol. The van der Waals surface area contributed by atoms with Gasteiger partial charge in [0.1, 0.15) is 10.8 Å². The lowest BCUT2D eigenvalue weighted by molar-refractivity contribution is 0.102. The molecule has 1 aromatic heterocycles. The number of carbonyl (C=O) groups is 1. The van der Waals surface area contributed by atoms with Gasteiger partial charge in [0, 0.05) is 24.7 Å². The van der Waals surface area contributed by atoms with Crippen LogP contribution in [-0.2, 0) is 10.0 Å². The van der Waals surface area contributed by atoms with E-state index in [1.165, 1.54) is 28.6 Å². The summed E-state index contributed by atoms with van der Waals surface area (Å²) in [5.74, 6) is -0.952. The van der Waals surface area contributed by atoms with Crippen molar-refractivity contribution in [1.29, 1.82) is 0 Å². The molecule has 3 aromatic rings. The fraction of sp³-hybridized carbons (Fsp3) is 0.286. The van der Waals surface area contributed by atoms with Gasteiger partial charge >= 0.3 is 0 Å². The largest absolute Gasteiger partial charge is 0.320 e. The van der Waals surface area contributed by atoms with Crippen molar-refractivity contribution in [1.82, 2.24) is 14.5 Å². The number of anilines is 1. The highest BCUT2D eigenvalue weighted by Gasteiger charge is 2.33. The molecule has 1 aliphatic rings. The van der Waals surface area contributed by atoms with Crippen LogP contribution in [-0.4, -0.2) is 41.9 Å². The van der Waals surface area contributed by atoms with Crippen LogP contribution in [0.2, 0.25) is 0 Å². The average Bonchev–Trinajstić information content (AvgIpc) is 3.26. The Kier molecular flexibility index (Phi) is 6.12. The predicted molar refractivity (Wildman–Crippen MR) is 116 cm³/mol. The molecule has 0 aliphatic carbocycles. The van der Waals surface area contributed by atoms with Crippen molar-refractivity contribution >= 4 is 33.0 Å². The lowest BCUT2D eigenvalue weighted by Crippen LogP contribution is -2.39. The van der Waals surface area contributed by atoms with E-state index < -0.39 is 21.7 Å². The summed E-state index contributed by atoms with van der Waals surface area (Å²) in [5, 5.41) is 11.6. The third-order valence-electron chi connectivity index (χ3n) is 5.18. The zero-order chi connectivity index (χ0) is 22.0. The molecule has 1 saturated heterocycles. The maximum atomic E-state index is 13.1. The van der Waals surface area contributed by atoms with Crippen molar-refractivity contribution in [2.45, 2.75) is 30.6 Å². The van der Waals surface area contributed by atoms with Gasteiger partial charge in [0.15, 0.2) is 0 Å². The van der Waals surface area contributed by atoms with Gasteiger partial charge in [0.25, 0.3) is 5.91 Å². The van der Waals surface area contributed by atoms with Crippen molar-refractivity contribution in [3.05, 3.63) is 69.9 Å². The fourth-order valence-corrected chi connectivity index (χ4v) is 6.17. The van der Waals surface area contributed by atoms with Crippen molar-refractivity contribution < 1.29 is 17.6 Å². The number of sulfonamides is 1. The monoisotopic (exact) mass is 460 g/mol. The number of halogens is 1. The van der Waals surface area contributed by atoms with Gasteiger partial charge in [-0.05, 0) is 55.7 Å². The first kappa shape index (κ1) is 21.5. The number of amides is 1. The number of hydrogen-bond donors (Lipinski definition) is 1. The topological polar surface area (TPSA) is 92.3 Å². The Morgan fingerprint density at radius 1 is 1.16 bits per heavy atom. The first-order valence-corrected chi connectivity index (χ1v) is 12.1. The standard InChI is InChI=1S/C21H21FN4O3S2/c1-14-5-2-3-7-18(14)31(28,29)26-12-4-6-15(13-26)20-24-25-21(30-20)19(27)23-17-10-8-16(22)9-11-17/h2-3,5,7-11,15H,4,6,12-13H2,1H3,(H,23,27)/t15-/m1/s1.